The first-order valence-corrected chi connectivity index (χ1v) is 8.66. The van der Waals surface area contributed by atoms with Crippen molar-refractivity contribution in [2.24, 2.45) is 0 Å². The van der Waals surface area contributed by atoms with Gasteiger partial charge in [0.15, 0.2) is 0 Å². The van der Waals surface area contributed by atoms with Crippen molar-refractivity contribution in [2.45, 2.75) is 19.4 Å². The van der Waals surface area contributed by atoms with Crippen LogP contribution in [0, 0.1) is 0 Å². The Morgan fingerprint density at radius 1 is 1.07 bits per heavy atom. The standard InChI is InChI=1S/C20H21N3O5/c1-12(24)21-13-8-9-17(27-2)14(10-13)22-15-11-19(25)23(20(15)26)16-6-4-5-7-18(16)28-3/h4-10,15,22H,11H2,1-3H3,(H,21,24). The van der Waals surface area contributed by atoms with Gasteiger partial charge in [-0.3, -0.25) is 14.4 Å². The van der Waals surface area contributed by atoms with Gasteiger partial charge in [-0.1, -0.05) is 12.1 Å². The van der Waals surface area contributed by atoms with Crippen molar-refractivity contribution in [1.82, 2.24) is 0 Å². The number of hydrogen-bond donors (Lipinski definition) is 2. The number of imide groups is 1. The van der Waals surface area contributed by atoms with E-state index in [4.69, 9.17) is 9.47 Å². The van der Waals surface area contributed by atoms with Gasteiger partial charge >= 0.3 is 0 Å². The molecule has 2 N–H and O–H groups in total. The minimum Gasteiger partial charge on any atom is -0.495 e. The number of amides is 3. The number of carbonyl (C=O) groups excluding carboxylic acids is 3. The quantitative estimate of drug-likeness (QED) is 0.744. The van der Waals surface area contributed by atoms with Gasteiger partial charge in [0.25, 0.3) is 5.91 Å². The Balaban J connectivity index is 1.87. The first kappa shape index (κ1) is 19.2. The summed E-state index contributed by atoms with van der Waals surface area (Å²) in [6.45, 7) is 1.40. The minimum atomic E-state index is -0.765. The van der Waals surface area contributed by atoms with Gasteiger partial charge in [0.2, 0.25) is 11.8 Å². The van der Waals surface area contributed by atoms with Crippen LogP contribution in [0.15, 0.2) is 42.5 Å². The molecule has 2 aromatic carbocycles. The molecule has 3 rings (SSSR count). The molecule has 2 aromatic rings. The molecule has 1 saturated heterocycles. The molecule has 1 aliphatic rings. The summed E-state index contributed by atoms with van der Waals surface area (Å²) in [5.74, 6) is -0.00349. The summed E-state index contributed by atoms with van der Waals surface area (Å²) >= 11 is 0. The number of methoxy groups -OCH3 is 2. The molecule has 28 heavy (non-hydrogen) atoms. The molecule has 1 aliphatic heterocycles. The SMILES string of the molecule is COc1ccc(NC(C)=O)cc1NC1CC(=O)N(c2ccccc2OC)C1=O. The Morgan fingerprint density at radius 2 is 1.79 bits per heavy atom. The highest BCUT2D eigenvalue weighted by Gasteiger charge is 2.41. The van der Waals surface area contributed by atoms with Crippen molar-refractivity contribution in [3.05, 3.63) is 42.5 Å². The number of carbonyl (C=O) groups is 3. The average Bonchev–Trinajstić information content (AvgIpc) is 2.94. The van der Waals surface area contributed by atoms with E-state index in [1.165, 1.54) is 21.1 Å². The highest BCUT2D eigenvalue weighted by Crippen LogP contribution is 2.34. The molecule has 0 aromatic heterocycles. The number of para-hydroxylation sites is 2. The third kappa shape index (κ3) is 3.75. The van der Waals surface area contributed by atoms with Crippen LogP contribution < -0.4 is 25.0 Å². The van der Waals surface area contributed by atoms with Crippen molar-refractivity contribution in [1.29, 1.82) is 0 Å². The Hall–Kier alpha value is -3.55. The third-order valence-electron chi connectivity index (χ3n) is 4.32. The lowest BCUT2D eigenvalue weighted by atomic mass is 10.2. The van der Waals surface area contributed by atoms with Crippen molar-refractivity contribution in [3.63, 3.8) is 0 Å². The van der Waals surface area contributed by atoms with E-state index in [1.54, 1.807) is 42.5 Å². The second kappa shape index (κ2) is 7.99. The molecule has 146 valence electrons. The van der Waals surface area contributed by atoms with E-state index in [0.717, 1.165) is 4.90 Å². The Kier molecular flexibility index (Phi) is 5.49. The molecule has 1 heterocycles. The molecular formula is C20H21N3O5. The molecule has 8 nitrogen and oxygen atoms in total. The highest BCUT2D eigenvalue weighted by atomic mass is 16.5. The van der Waals surface area contributed by atoms with Crippen molar-refractivity contribution in [2.75, 3.05) is 29.8 Å². The largest absolute Gasteiger partial charge is 0.495 e. The van der Waals surface area contributed by atoms with Crippen LogP contribution in [0.1, 0.15) is 13.3 Å². The lowest BCUT2D eigenvalue weighted by Gasteiger charge is -2.19. The zero-order valence-electron chi connectivity index (χ0n) is 15.8. The number of ether oxygens (including phenoxy) is 2. The first-order chi connectivity index (χ1) is 13.4. The van der Waals surface area contributed by atoms with Crippen LogP contribution in [0.25, 0.3) is 0 Å². The van der Waals surface area contributed by atoms with Gasteiger partial charge < -0.3 is 20.1 Å². The fraction of sp³-hybridized carbons (Fsp3) is 0.250. The molecule has 0 spiro atoms. The van der Waals surface area contributed by atoms with Crippen LogP contribution in [0.5, 0.6) is 11.5 Å². The fourth-order valence-corrected chi connectivity index (χ4v) is 3.10. The molecular weight excluding hydrogens is 362 g/mol. The Labute approximate surface area is 162 Å². The smallest absolute Gasteiger partial charge is 0.256 e. The predicted octanol–water partition coefficient (Wildman–Crippen LogP) is 2.41. The molecule has 1 unspecified atom stereocenters. The van der Waals surface area contributed by atoms with Crippen molar-refractivity contribution >= 4 is 34.8 Å². The summed E-state index contributed by atoms with van der Waals surface area (Å²) in [5.41, 5.74) is 1.46. The number of anilines is 3. The first-order valence-electron chi connectivity index (χ1n) is 8.66. The van der Waals surface area contributed by atoms with E-state index < -0.39 is 6.04 Å². The van der Waals surface area contributed by atoms with Gasteiger partial charge in [-0.25, -0.2) is 4.90 Å². The molecule has 0 bridgehead atoms. The number of hydrogen-bond acceptors (Lipinski definition) is 6. The van der Waals surface area contributed by atoms with Gasteiger partial charge in [0, 0.05) is 12.6 Å². The number of benzene rings is 2. The summed E-state index contributed by atoms with van der Waals surface area (Å²) in [4.78, 5) is 37.9. The van der Waals surface area contributed by atoms with Crippen LogP contribution in [0.4, 0.5) is 17.1 Å². The molecule has 0 saturated carbocycles. The lowest BCUT2D eigenvalue weighted by Crippen LogP contribution is -2.35. The number of rotatable bonds is 6. The maximum absolute atomic E-state index is 12.9. The second-order valence-corrected chi connectivity index (χ2v) is 6.24. The van der Waals surface area contributed by atoms with Crippen LogP contribution in [0.3, 0.4) is 0 Å². The van der Waals surface area contributed by atoms with E-state index in [-0.39, 0.29) is 24.1 Å². The van der Waals surface area contributed by atoms with Gasteiger partial charge in [-0.05, 0) is 30.3 Å². The van der Waals surface area contributed by atoms with Crippen LogP contribution in [-0.2, 0) is 14.4 Å². The van der Waals surface area contributed by atoms with Crippen LogP contribution in [0.2, 0.25) is 0 Å². The average molecular weight is 383 g/mol. The Bertz CT molecular complexity index is 928. The monoisotopic (exact) mass is 383 g/mol. The second-order valence-electron chi connectivity index (χ2n) is 6.24. The van der Waals surface area contributed by atoms with E-state index in [0.29, 0.717) is 28.6 Å². The topological polar surface area (TPSA) is 97.0 Å². The van der Waals surface area contributed by atoms with Gasteiger partial charge in [0.1, 0.15) is 17.5 Å². The zero-order valence-corrected chi connectivity index (χ0v) is 15.8. The van der Waals surface area contributed by atoms with Gasteiger partial charge in [-0.2, -0.15) is 0 Å². The summed E-state index contributed by atoms with van der Waals surface area (Å²) < 4.78 is 10.6. The predicted molar refractivity (Wildman–Crippen MR) is 105 cm³/mol. The van der Waals surface area contributed by atoms with Crippen LogP contribution >= 0.6 is 0 Å². The van der Waals surface area contributed by atoms with Gasteiger partial charge in [-0.15, -0.1) is 0 Å². The maximum atomic E-state index is 12.9. The molecule has 1 atom stereocenters. The molecule has 8 heteroatoms. The summed E-state index contributed by atoms with van der Waals surface area (Å²) in [5, 5.41) is 5.74. The van der Waals surface area contributed by atoms with E-state index >= 15 is 0 Å². The summed E-state index contributed by atoms with van der Waals surface area (Å²) in [6, 6.07) is 11.1. The summed E-state index contributed by atoms with van der Waals surface area (Å²) in [7, 11) is 2.99. The highest BCUT2D eigenvalue weighted by molar-refractivity contribution is 6.23. The molecule has 0 aliphatic carbocycles. The number of nitrogens with zero attached hydrogens (tertiary/aromatic N) is 1. The van der Waals surface area contributed by atoms with Crippen molar-refractivity contribution in [3.8, 4) is 11.5 Å². The molecule has 1 fully saturated rings. The van der Waals surface area contributed by atoms with Crippen molar-refractivity contribution < 1.29 is 23.9 Å². The zero-order chi connectivity index (χ0) is 20.3. The fourth-order valence-electron chi connectivity index (χ4n) is 3.10. The van der Waals surface area contributed by atoms with Gasteiger partial charge in [0.05, 0.1) is 32.0 Å². The maximum Gasteiger partial charge on any atom is 0.256 e. The minimum absolute atomic E-state index is 0.00952. The van der Waals surface area contributed by atoms with E-state index in [9.17, 15) is 14.4 Å². The summed E-state index contributed by atoms with van der Waals surface area (Å²) in [6.07, 6.45) is -0.00952. The Morgan fingerprint density at radius 3 is 2.46 bits per heavy atom. The number of nitrogens with one attached hydrogen (secondary N) is 2. The molecule has 3 amide bonds. The van der Waals surface area contributed by atoms with E-state index in [2.05, 4.69) is 10.6 Å². The molecule has 0 radical (unpaired) electrons. The van der Waals surface area contributed by atoms with Crippen LogP contribution in [-0.4, -0.2) is 38.0 Å². The van der Waals surface area contributed by atoms with E-state index in [1.807, 2.05) is 0 Å². The normalized spacial score (nSPS) is 16.1. The third-order valence-corrected chi connectivity index (χ3v) is 4.32. The lowest BCUT2D eigenvalue weighted by molar-refractivity contribution is -0.121.